The van der Waals surface area contributed by atoms with Crippen LogP contribution in [0.1, 0.15) is 23.6 Å². The van der Waals surface area contributed by atoms with E-state index in [9.17, 15) is 22.7 Å². The van der Waals surface area contributed by atoms with Gasteiger partial charge in [-0.05, 0) is 30.2 Å². The molecule has 5 heteroatoms. The van der Waals surface area contributed by atoms with Crippen LogP contribution < -0.4 is 0 Å². The first-order valence-electron chi connectivity index (χ1n) is 6.34. The highest BCUT2D eigenvalue weighted by atomic mass is 19.4. The van der Waals surface area contributed by atoms with Gasteiger partial charge in [-0.15, -0.1) is 0 Å². The van der Waals surface area contributed by atoms with E-state index in [-0.39, 0.29) is 12.0 Å². The molecular formula is C16H14F4O. The Morgan fingerprint density at radius 2 is 1.62 bits per heavy atom. The summed E-state index contributed by atoms with van der Waals surface area (Å²) in [5, 5.41) is 10.4. The highest BCUT2D eigenvalue weighted by Gasteiger charge is 2.35. The minimum Gasteiger partial charge on any atom is -0.385 e. The van der Waals surface area contributed by atoms with Gasteiger partial charge in [-0.25, -0.2) is 4.39 Å². The Bertz CT molecular complexity index is 618. The van der Waals surface area contributed by atoms with Gasteiger partial charge in [-0.3, -0.25) is 0 Å². The van der Waals surface area contributed by atoms with Crippen LogP contribution in [0.3, 0.4) is 0 Å². The number of aliphatic hydroxyl groups is 1. The summed E-state index contributed by atoms with van der Waals surface area (Å²) in [7, 11) is 0. The molecule has 0 aliphatic heterocycles. The highest BCUT2D eigenvalue weighted by Crippen LogP contribution is 2.34. The minimum absolute atomic E-state index is 0.108. The van der Waals surface area contributed by atoms with Crippen LogP contribution >= 0.6 is 0 Å². The van der Waals surface area contributed by atoms with E-state index in [0.29, 0.717) is 6.07 Å². The van der Waals surface area contributed by atoms with E-state index in [0.717, 1.165) is 17.7 Å². The van der Waals surface area contributed by atoms with Gasteiger partial charge in [0.1, 0.15) is 5.82 Å². The third kappa shape index (κ3) is 3.61. The van der Waals surface area contributed by atoms with Crippen molar-refractivity contribution in [1.29, 1.82) is 0 Å². The molecule has 0 heterocycles. The SMILES string of the molecule is CC(O)(Cc1ccccc1)c1ccc(C(F)(F)F)c(F)c1. The van der Waals surface area contributed by atoms with Crippen molar-refractivity contribution in [3.8, 4) is 0 Å². The average Bonchev–Trinajstić information content (AvgIpc) is 2.37. The van der Waals surface area contributed by atoms with Gasteiger partial charge in [0.25, 0.3) is 0 Å². The molecule has 0 aliphatic carbocycles. The molecule has 1 nitrogen and oxygen atoms in total. The largest absolute Gasteiger partial charge is 0.419 e. The van der Waals surface area contributed by atoms with Gasteiger partial charge in [-0.1, -0.05) is 36.4 Å². The van der Waals surface area contributed by atoms with Crippen LogP contribution in [0.15, 0.2) is 48.5 Å². The van der Waals surface area contributed by atoms with Gasteiger partial charge < -0.3 is 5.11 Å². The molecule has 0 amide bonds. The standard InChI is InChI=1S/C16H14F4O/c1-15(21,10-11-5-3-2-4-6-11)12-7-8-13(14(17)9-12)16(18,19)20/h2-9,21H,10H2,1H3. The molecule has 112 valence electrons. The van der Waals surface area contributed by atoms with Crippen molar-refractivity contribution in [2.75, 3.05) is 0 Å². The van der Waals surface area contributed by atoms with E-state index in [1.165, 1.54) is 6.92 Å². The fourth-order valence-corrected chi connectivity index (χ4v) is 2.18. The number of rotatable bonds is 3. The summed E-state index contributed by atoms with van der Waals surface area (Å²) in [6.45, 7) is 1.45. The summed E-state index contributed by atoms with van der Waals surface area (Å²) in [5.41, 5.74) is -1.87. The molecule has 1 unspecified atom stereocenters. The summed E-state index contributed by atoms with van der Waals surface area (Å²) in [6, 6.07) is 11.5. The van der Waals surface area contributed by atoms with E-state index in [2.05, 4.69) is 0 Å². The van der Waals surface area contributed by atoms with Gasteiger partial charge in [-0.2, -0.15) is 13.2 Å². The molecule has 2 aromatic rings. The second-order valence-corrected chi connectivity index (χ2v) is 5.13. The maximum Gasteiger partial charge on any atom is 0.419 e. The maximum atomic E-state index is 13.6. The smallest absolute Gasteiger partial charge is 0.385 e. The van der Waals surface area contributed by atoms with Crippen LogP contribution in [0.5, 0.6) is 0 Å². The van der Waals surface area contributed by atoms with Gasteiger partial charge in [0.05, 0.1) is 11.2 Å². The Morgan fingerprint density at radius 3 is 2.14 bits per heavy atom. The first kappa shape index (κ1) is 15.5. The Balaban J connectivity index is 2.31. The normalized spacial score (nSPS) is 14.8. The maximum absolute atomic E-state index is 13.6. The van der Waals surface area contributed by atoms with Crippen molar-refractivity contribution in [2.45, 2.75) is 25.1 Å². The van der Waals surface area contributed by atoms with Gasteiger partial charge in [0, 0.05) is 6.42 Å². The number of benzene rings is 2. The fraction of sp³-hybridized carbons (Fsp3) is 0.250. The van der Waals surface area contributed by atoms with E-state index < -0.39 is 23.2 Å². The Labute approximate surface area is 119 Å². The molecule has 0 fully saturated rings. The molecule has 0 aliphatic rings. The second-order valence-electron chi connectivity index (χ2n) is 5.13. The zero-order valence-corrected chi connectivity index (χ0v) is 11.3. The van der Waals surface area contributed by atoms with E-state index >= 15 is 0 Å². The lowest BCUT2D eigenvalue weighted by Gasteiger charge is -2.24. The molecule has 0 bridgehead atoms. The summed E-state index contributed by atoms with van der Waals surface area (Å²) >= 11 is 0. The van der Waals surface area contributed by atoms with Crippen molar-refractivity contribution < 1.29 is 22.7 Å². The van der Waals surface area contributed by atoms with Crippen LogP contribution in [0.25, 0.3) is 0 Å². The van der Waals surface area contributed by atoms with Crippen molar-refractivity contribution in [3.05, 3.63) is 71.0 Å². The Kier molecular flexibility index (Phi) is 4.05. The molecule has 1 N–H and O–H groups in total. The van der Waals surface area contributed by atoms with Crippen LogP contribution in [0, 0.1) is 5.82 Å². The lowest BCUT2D eigenvalue weighted by Crippen LogP contribution is -2.25. The van der Waals surface area contributed by atoms with Gasteiger partial charge >= 0.3 is 6.18 Å². The number of hydrogen-bond acceptors (Lipinski definition) is 1. The quantitative estimate of drug-likeness (QED) is 0.838. The van der Waals surface area contributed by atoms with E-state index in [1.54, 1.807) is 24.3 Å². The molecule has 0 saturated carbocycles. The number of alkyl halides is 3. The molecule has 0 radical (unpaired) electrons. The molecule has 2 rings (SSSR count). The highest BCUT2D eigenvalue weighted by molar-refractivity contribution is 5.31. The van der Waals surface area contributed by atoms with Crippen LogP contribution in [0.4, 0.5) is 17.6 Å². The zero-order chi connectivity index (χ0) is 15.7. The lowest BCUT2D eigenvalue weighted by atomic mass is 9.88. The summed E-state index contributed by atoms with van der Waals surface area (Å²) in [5.74, 6) is -1.38. The summed E-state index contributed by atoms with van der Waals surface area (Å²) in [6.07, 6.45) is -4.56. The lowest BCUT2D eigenvalue weighted by molar-refractivity contribution is -0.140. The Morgan fingerprint density at radius 1 is 1.00 bits per heavy atom. The zero-order valence-electron chi connectivity index (χ0n) is 11.3. The van der Waals surface area contributed by atoms with Crippen molar-refractivity contribution in [3.63, 3.8) is 0 Å². The van der Waals surface area contributed by atoms with E-state index in [1.807, 2.05) is 6.07 Å². The number of hydrogen-bond donors (Lipinski definition) is 1. The predicted octanol–water partition coefficient (Wildman–Crippen LogP) is 4.29. The average molecular weight is 298 g/mol. The first-order chi connectivity index (χ1) is 9.70. The summed E-state index contributed by atoms with van der Waals surface area (Å²) in [4.78, 5) is 0. The number of halogens is 4. The van der Waals surface area contributed by atoms with Gasteiger partial charge in [0.15, 0.2) is 0 Å². The molecule has 1 atom stereocenters. The topological polar surface area (TPSA) is 20.2 Å². The molecule has 0 spiro atoms. The fourth-order valence-electron chi connectivity index (χ4n) is 2.18. The van der Waals surface area contributed by atoms with E-state index in [4.69, 9.17) is 0 Å². The second kappa shape index (κ2) is 5.48. The third-order valence-corrected chi connectivity index (χ3v) is 3.29. The van der Waals surface area contributed by atoms with Crippen molar-refractivity contribution in [2.24, 2.45) is 0 Å². The predicted molar refractivity (Wildman–Crippen MR) is 71.1 cm³/mol. The van der Waals surface area contributed by atoms with Gasteiger partial charge in [0.2, 0.25) is 0 Å². The minimum atomic E-state index is -4.74. The monoisotopic (exact) mass is 298 g/mol. The first-order valence-corrected chi connectivity index (χ1v) is 6.34. The Hall–Kier alpha value is -1.88. The third-order valence-electron chi connectivity index (χ3n) is 3.29. The molecule has 2 aromatic carbocycles. The van der Waals surface area contributed by atoms with Crippen LogP contribution in [-0.2, 0) is 18.2 Å². The van der Waals surface area contributed by atoms with Crippen molar-refractivity contribution >= 4 is 0 Å². The van der Waals surface area contributed by atoms with Crippen LogP contribution in [-0.4, -0.2) is 5.11 Å². The van der Waals surface area contributed by atoms with Crippen molar-refractivity contribution in [1.82, 2.24) is 0 Å². The molecule has 0 saturated heterocycles. The summed E-state index contributed by atoms with van der Waals surface area (Å²) < 4.78 is 51.1. The molecular weight excluding hydrogens is 284 g/mol. The van der Waals surface area contributed by atoms with Crippen LogP contribution in [0.2, 0.25) is 0 Å². The molecule has 0 aromatic heterocycles. The molecule has 21 heavy (non-hydrogen) atoms.